The fourth-order valence-corrected chi connectivity index (χ4v) is 4.31. The molecule has 1 aliphatic heterocycles. The Morgan fingerprint density at radius 3 is 3.09 bits per heavy atom. The van der Waals surface area contributed by atoms with Gasteiger partial charge in [-0.1, -0.05) is 13.0 Å². The van der Waals surface area contributed by atoms with Crippen molar-refractivity contribution < 1.29 is 0 Å². The summed E-state index contributed by atoms with van der Waals surface area (Å²) >= 11 is 1.71. The second-order valence-corrected chi connectivity index (χ2v) is 7.49. The van der Waals surface area contributed by atoms with Crippen molar-refractivity contribution in [3.8, 4) is 0 Å². The van der Waals surface area contributed by atoms with Crippen molar-refractivity contribution in [2.75, 3.05) is 13.1 Å². The Morgan fingerprint density at radius 1 is 1.35 bits per heavy atom. The van der Waals surface area contributed by atoms with Crippen LogP contribution in [0.2, 0.25) is 0 Å². The van der Waals surface area contributed by atoms with Gasteiger partial charge in [-0.25, -0.2) is 4.98 Å². The van der Waals surface area contributed by atoms with E-state index in [0.717, 1.165) is 25.0 Å². The number of hydrogen-bond acceptors (Lipinski definition) is 4. The summed E-state index contributed by atoms with van der Waals surface area (Å²) < 4.78 is 3.22. The van der Waals surface area contributed by atoms with Gasteiger partial charge in [0.25, 0.3) is 0 Å². The molecular formula is C18H22N4S. The van der Waals surface area contributed by atoms with Crippen LogP contribution in [-0.2, 0) is 13.5 Å². The molecule has 4 rings (SSSR count). The third-order valence-electron chi connectivity index (χ3n) is 5.00. The van der Waals surface area contributed by atoms with Crippen LogP contribution in [0.4, 0.5) is 0 Å². The van der Waals surface area contributed by atoms with Crippen molar-refractivity contribution in [2.24, 2.45) is 7.05 Å². The molecule has 0 aliphatic carbocycles. The summed E-state index contributed by atoms with van der Waals surface area (Å²) in [5.41, 5.74) is 7.08. The van der Waals surface area contributed by atoms with E-state index in [1.165, 1.54) is 21.5 Å². The second kappa shape index (κ2) is 5.73. The highest BCUT2D eigenvalue weighted by Crippen LogP contribution is 2.31. The average Bonchev–Trinajstić information content (AvgIpc) is 3.12. The van der Waals surface area contributed by atoms with E-state index in [0.29, 0.717) is 12.0 Å². The summed E-state index contributed by atoms with van der Waals surface area (Å²) in [6.45, 7) is 6.76. The van der Waals surface area contributed by atoms with Gasteiger partial charge in [-0.3, -0.25) is 9.58 Å². The molecule has 120 valence electrons. The number of hydrogen-bond donors (Lipinski definition) is 0. The van der Waals surface area contributed by atoms with Crippen LogP contribution in [0, 0.1) is 0 Å². The van der Waals surface area contributed by atoms with Gasteiger partial charge in [0.15, 0.2) is 0 Å². The van der Waals surface area contributed by atoms with Gasteiger partial charge in [-0.15, -0.1) is 11.3 Å². The van der Waals surface area contributed by atoms with Crippen LogP contribution in [0.3, 0.4) is 0 Å². The van der Waals surface area contributed by atoms with E-state index in [2.05, 4.69) is 53.2 Å². The molecule has 3 heterocycles. The number of thiazole rings is 1. The normalized spacial score (nSPS) is 20.4. The van der Waals surface area contributed by atoms with Gasteiger partial charge in [0.05, 0.1) is 21.4 Å². The monoisotopic (exact) mass is 326 g/mol. The van der Waals surface area contributed by atoms with Gasteiger partial charge in [-0.2, -0.15) is 5.10 Å². The quantitative estimate of drug-likeness (QED) is 0.719. The molecule has 2 unspecified atom stereocenters. The maximum Gasteiger partial charge on any atom is 0.0815 e. The van der Waals surface area contributed by atoms with E-state index in [4.69, 9.17) is 0 Å². The molecular weight excluding hydrogens is 304 g/mol. The van der Waals surface area contributed by atoms with Crippen LogP contribution in [-0.4, -0.2) is 32.8 Å². The first-order valence-corrected chi connectivity index (χ1v) is 9.09. The van der Waals surface area contributed by atoms with E-state index >= 15 is 0 Å². The molecule has 23 heavy (non-hydrogen) atoms. The average molecular weight is 326 g/mol. The highest BCUT2D eigenvalue weighted by Gasteiger charge is 2.26. The topological polar surface area (TPSA) is 34.0 Å². The minimum absolute atomic E-state index is 0.404. The van der Waals surface area contributed by atoms with Crippen molar-refractivity contribution in [1.82, 2.24) is 19.7 Å². The Balaban J connectivity index is 1.59. The third kappa shape index (κ3) is 2.68. The molecule has 0 saturated heterocycles. The fourth-order valence-electron chi connectivity index (χ4n) is 3.65. The molecule has 0 bridgehead atoms. The van der Waals surface area contributed by atoms with Crippen molar-refractivity contribution >= 4 is 21.6 Å². The zero-order valence-electron chi connectivity index (χ0n) is 13.9. The molecule has 5 heteroatoms. The van der Waals surface area contributed by atoms with Gasteiger partial charge < -0.3 is 0 Å². The van der Waals surface area contributed by atoms with Crippen molar-refractivity contribution in [3.63, 3.8) is 0 Å². The summed E-state index contributed by atoms with van der Waals surface area (Å²) in [7, 11) is 2.02. The standard InChI is InChI=1S/C18H22N4S/c1-12-9-22(7-6-16-15(12)10-21(3)20-16)13(2)14-4-5-18-17(8-14)19-11-23-18/h4-5,8,10-13H,6-7,9H2,1-3H3. The molecule has 1 aliphatic rings. The zero-order chi connectivity index (χ0) is 16.0. The predicted molar refractivity (Wildman–Crippen MR) is 94.9 cm³/mol. The first-order valence-electron chi connectivity index (χ1n) is 8.21. The lowest BCUT2D eigenvalue weighted by molar-refractivity contribution is 0.208. The molecule has 0 spiro atoms. The molecule has 0 amide bonds. The fraction of sp³-hybridized carbons (Fsp3) is 0.444. The summed E-state index contributed by atoms with van der Waals surface area (Å²) in [4.78, 5) is 7.04. The van der Waals surface area contributed by atoms with Crippen LogP contribution in [0.5, 0.6) is 0 Å². The highest BCUT2D eigenvalue weighted by molar-refractivity contribution is 7.16. The van der Waals surface area contributed by atoms with Gasteiger partial charge in [0, 0.05) is 38.8 Å². The van der Waals surface area contributed by atoms with Crippen LogP contribution >= 0.6 is 11.3 Å². The molecule has 0 N–H and O–H groups in total. The summed E-state index contributed by atoms with van der Waals surface area (Å²) in [5, 5.41) is 4.64. The molecule has 2 aromatic heterocycles. The number of rotatable bonds is 2. The van der Waals surface area contributed by atoms with E-state index in [1.54, 1.807) is 11.3 Å². The Labute approximate surface area is 140 Å². The highest BCUT2D eigenvalue weighted by atomic mass is 32.1. The zero-order valence-corrected chi connectivity index (χ0v) is 14.7. The Hall–Kier alpha value is -1.72. The van der Waals surface area contributed by atoms with E-state index in [9.17, 15) is 0 Å². The molecule has 3 aromatic rings. The number of aryl methyl sites for hydroxylation is 1. The molecule has 1 aromatic carbocycles. The van der Waals surface area contributed by atoms with Gasteiger partial charge in [0.1, 0.15) is 0 Å². The number of fused-ring (bicyclic) bond motifs is 2. The van der Waals surface area contributed by atoms with Gasteiger partial charge >= 0.3 is 0 Å². The first-order chi connectivity index (χ1) is 11.1. The molecule has 0 saturated carbocycles. The van der Waals surface area contributed by atoms with E-state index in [-0.39, 0.29) is 0 Å². The van der Waals surface area contributed by atoms with Crippen molar-refractivity contribution in [1.29, 1.82) is 0 Å². The summed E-state index contributed by atoms with van der Waals surface area (Å²) in [6, 6.07) is 7.11. The maximum absolute atomic E-state index is 4.64. The Morgan fingerprint density at radius 2 is 2.22 bits per heavy atom. The lowest BCUT2D eigenvalue weighted by atomic mass is 10.0. The summed E-state index contributed by atoms with van der Waals surface area (Å²) in [6.07, 6.45) is 3.22. The Kier molecular flexibility index (Phi) is 3.70. The first kappa shape index (κ1) is 14.8. The largest absolute Gasteiger partial charge is 0.296 e. The molecule has 4 nitrogen and oxygen atoms in total. The number of benzene rings is 1. The van der Waals surface area contributed by atoms with Crippen LogP contribution < -0.4 is 0 Å². The van der Waals surface area contributed by atoms with Crippen LogP contribution in [0.15, 0.2) is 29.9 Å². The maximum atomic E-state index is 4.64. The molecule has 2 atom stereocenters. The summed E-state index contributed by atoms with van der Waals surface area (Å²) in [5.74, 6) is 0.520. The Bertz CT molecular complexity index is 835. The third-order valence-corrected chi connectivity index (χ3v) is 5.81. The minimum atomic E-state index is 0.404. The number of nitrogens with zero attached hydrogens (tertiary/aromatic N) is 4. The lowest BCUT2D eigenvalue weighted by Gasteiger charge is -2.29. The van der Waals surface area contributed by atoms with Crippen LogP contribution in [0.1, 0.15) is 42.6 Å². The predicted octanol–water partition coefficient (Wildman–Crippen LogP) is 3.75. The van der Waals surface area contributed by atoms with Gasteiger partial charge in [0.2, 0.25) is 0 Å². The SMILES string of the molecule is CC1CN(C(C)c2ccc3scnc3c2)CCc2nn(C)cc21. The van der Waals surface area contributed by atoms with Crippen molar-refractivity contribution in [2.45, 2.75) is 32.2 Å². The van der Waals surface area contributed by atoms with Gasteiger partial charge in [-0.05, 0) is 36.1 Å². The second-order valence-electron chi connectivity index (χ2n) is 6.61. The minimum Gasteiger partial charge on any atom is -0.296 e. The lowest BCUT2D eigenvalue weighted by Crippen LogP contribution is -2.30. The molecule has 0 radical (unpaired) electrons. The van der Waals surface area contributed by atoms with E-state index in [1.807, 2.05) is 17.2 Å². The van der Waals surface area contributed by atoms with Crippen LogP contribution in [0.25, 0.3) is 10.2 Å². The smallest absolute Gasteiger partial charge is 0.0815 e. The molecule has 0 fully saturated rings. The van der Waals surface area contributed by atoms with Crippen molar-refractivity contribution in [3.05, 3.63) is 46.7 Å². The number of aromatic nitrogens is 3. The van der Waals surface area contributed by atoms with E-state index < -0.39 is 0 Å².